The Morgan fingerprint density at radius 3 is 2.57 bits per heavy atom. The predicted octanol–water partition coefficient (Wildman–Crippen LogP) is 3.74. The molecule has 1 heterocycles. The molecule has 2 aromatic rings. The van der Waals surface area contributed by atoms with Crippen LogP contribution in [-0.2, 0) is 11.8 Å². The number of fused-ring (bicyclic) bond motifs is 1. The molecular weight excluding hydrogens is 258 g/mol. The van der Waals surface area contributed by atoms with Crippen molar-refractivity contribution in [2.45, 2.75) is 37.1 Å². The number of benzene rings is 2. The van der Waals surface area contributed by atoms with E-state index in [1.165, 1.54) is 36.0 Å². The maximum absolute atomic E-state index is 6.72. The molecule has 0 bridgehead atoms. The van der Waals surface area contributed by atoms with Gasteiger partial charge in [-0.1, -0.05) is 48.9 Å². The van der Waals surface area contributed by atoms with Crippen LogP contribution in [-0.4, -0.2) is 6.61 Å². The SMILES string of the molecule is NC(c1ccc2c(c1)CCO2)C1(c2ccccc2)CCC1. The van der Waals surface area contributed by atoms with Crippen LogP contribution >= 0.6 is 0 Å². The van der Waals surface area contributed by atoms with Crippen molar-refractivity contribution in [3.05, 3.63) is 65.2 Å². The third-order valence-corrected chi connectivity index (χ3v) is 5.26. The van der Waals surface area contributed by atoms with Gasteiger partial charge in [0.2, 0.25) is 0 Å². The second-order valence-corrected chi connectivity index (χ2v) is 6.32. The second-order valence-electron chi connectivity index (χ2n) is 6.32. The quantitative estimate of drug-likeness (QED) is 0.929. The Labute approximate surface area is 125 Å². The van der Waals surface area contributed by atoms with Crippen LogP contribution in [0.1, 0.15) is 42.0 Å². The van der Waals surface area contributed by atoms with E-state index < -0.39 is 0 Å². The molecule has 1 unspecified atom stereocenters. The van der Waals surface area contributed by atoms with Crippen LogP contribution in [0.15, 0.2) is 48.5 Å². The number of hydrogen-bond acceptors (Lipinski definition) is 2. The summed E-state index contributed by atoms with van der Waals surface area (Å²) in [6, 6.07) is 17.4. The van der Waals surface area contributed by atoms with Gasteiger partial charge >= 0.3 is 0 Å². The summed E-state index contributed by atoms with van der Waals surface area (Å²) in [5.74, 6) is 1.04. The lowest BCUT2D eigenvalue weighted by molar-refractivity contribution is 0.196. The van der Waals surface area contributed by atoms with Crippen LogP contribution in [0.4, 0.5) is 0 Å². The minimum atomic E-state index is 0.0690. The third-order valence-electron chi connectivity index (χ3n) is 5.26. The highest BCUT2D eigenvalue weighted by Crippen LogP contribution is 2.51. The molecule has 1 fully saturated rings. The van der Waals surface area contributed by atoms with Crippen molar-refractivity contribution in [3.8, 4) is 5.75 Å². The highest BCUT2D eigenvalue weighted by molar-refractivity contribution is 5.43. The van der Waals surface area contributed by atoms with Crippen molar-refractivity contribution < 1.29 is 4.74 Å². The zero-order valence-electron chi connectivity index (χ0n) is 12.2. The molecule has 0 spiro atoms. The lowest BCUT2D eigenvalue weighted by atomic mass is 9.59. The first-order chi connectivity index (χ1) is 10.3. The molecule has 1 aliphatic carbocycles. The summed E-state index contributed by atoms with van der Waals surface area (Å²) in [7, 11) is 0. The van der Waals surface area contributed by atoms with Crippen molar-refractivity contribution in [1.29, 1.82) is 0 Å². The van der Waals surface area contributed by atoms with Crippen LogP contribution in [0.3, 0.4) is 0 Å². The Morgan fingerprint density at radius 1 is 1.05 bits per heavy atom. The molecule has 0 amide bonds. The van der Waals surface area contributed by atoms with E-state index in [4.69, 9.17) is 10.5 Å². The normalized spacial score (nSPS) is 20.2. The lowest BCUT2D eigenvalue weighted by Gasteiger charge is -2.47. The number of ether oxygens (including phenoxy) is 1. The van der Waals surface area contributed by atoms with Crippen molar-refractivity contribution in [3.63, 3.8) is 0 Å². The molecule has 2 aromatic carbocycles. The summed E-state index contributed by atoms with van der Waals surface area (Å²) in [5.41, 5.74) is 10.8. The zero-order chi connectivity index (χ0) is 14.3. The molecule has 21 heavy (non-hydrogen) atoms. The fraction of sp³-hybridized carbons (Fsp3) is 0.368. The molecule has 1 saturated carbocycles. The van der Waals surface area contributed by atoms with Crippen LogP contribution in [0.2, 0.25) is 0 Å². The zero-order valence-corrected chi connectivity index (χ0v) is 12.2. The van der Waals surface area contributed by atoms with E-state index in [9.17, 15) is 0 Å². The van der Waals surface area contributed by atoms with Crippen molar-refractivity contribution >= 4 is 0 Å². The molecule has 4 rings (SSSR count). The Morgan fingerprint density at radius 2 is 1.86 bits per heavy atom. The Bertz CT molecular complexity index is 646. The van der Waals surface area contributed by atoms with Crippen molar-refractivity contribution in [2.75, 3.05) is 6.61 Å². The van der Waals surface area contributed by atoms with E-state index in [1.54, 1.807) is 0 Å². The monoisotopic (exact) mass is 279 g/mol. The molecule has 2 N–H and O–H groups in total. The van der Waals surface area contributed by atoms with E-state index in [0.717, 1.165) is 18.8 Å². The number of rotatable bonds is 3. The highest BCUT2D eigenvalue weighted by atomic mass is 16.5. The van der Waals surface area contributed by atoms with Gasteiger partial charge in [0.1, 0.15) is 5.75 Å². The van der Waals surface area contributed by atoms with Gasteiger partial charge in [0.15, 0.2) is 0 Å². The summed E-state index contributed by atoms with van der Waals surface area (Å²) in [4.78, 5) is 0. The van der Waals surface area contributed by atoms with Crippen molar-refractivity contribution in [2.24, 2.45) is 5.73 Å². The molecule has 0 saturated heterocycles. The third kappa shape index (κ3) is 1.97. The average Bonchev–Trinajstić information content (AvgIpc) is 2.94. The van der Waals surface area contributed by atoms with Gasteiger partial charge in [-0.3, -0.25) is 0 Å². The minimum Gasteiger partial charge on any atom is -0.493 e. The predicted molar refractivity (Wildman–Crippen MR) is 84.5 cm³/mol. The van der Waals surface area contributed by atoms with E-state index in [0.29, 0.717) is 0 Å². The number of hydrogen-bond donors (Lipinski definition) is 1. The lowest BCUT2D eigenvalue weighted by Crippen LogP contribution is -2.44. The summed E-state index contributed by atoms with van der Waals surface area (Å²) in [6.07, 6.45) is 4.66. The molecule has 2 nitrogen and oxygen atoms in total. The minimum absolute atomic E-state index is 0.0690. The molecule has 1 atom stereocenters. The Balaban J connectivity index is 1.71. The average molecular weight is 279 g/mol. The number of nitrogens with two attached hydrogens (primary N) is 1. The van der Waals surface area contributed by atoms with Gasteiger partial charge in [-0.25, -0.2) is 0 Å². The first-order valence-corrected chi connectivity index (χ1v) is 7.86. The molecule has 0 radical (unpaired) electrons. The fourth-order valence-electron chi connectivity index (χ4n) is 3.83. The van der Waals surface area contributed by atoms with Gasteiger partial charge in [-0.2, -0.15) is 0 Å². The summed E-state index contributed by atoms with van der Waals surface area (Å²) in [5, 5.41) is 0. The molecule has 0 aromatic heterocycles. The van der Waals surface area contributed by atoms with Crippen molar-refractivity contribution in [1.82, 2.24) is 0 Å². The molecular formula is C19H21NO. The molecule has 108 valence electrons. The smallest absolute Gasteiger partial charge is 0.122 e. The first-order valence-electron chi connectivity index (χ1n) is 7.86. The van der Waals surface area contributed by atoms with E-state index in [2.05, 4.69) is 48.5 Å². The van der Waals surface area contributed by atoms with Gasteiger partial charge in [0, 0.05) is 17.9 Å². The summed E-state index contributed by atoms with van der Waals surface area (Å²) >= 11 is 0. The van der Waals surface area contributed by atoms with E-state index in [1.807, 2.05) is 0 Å². The van der Waals surface area contributed by atoms with E-state index in [-0.39, 0.29) is 11.5 Å². The maximum Gasteiger partial charge on any atom is 0.122 e. The second kappa shape index (κ2) is 4.88. The largest absolute Gasteiger partial charge is 0.493 e. The Hall–Kier alpha value is -1.80. The van der Waals surface area contributed by atoms with Crippen LogP contribution in [0.5, 0.6) is 5.75 Å². The summed E-state index contributed by atoms with van der Waals surface area (Å²) < 4.78 is 5.60. The van der Waals surface area contributed by atoms with E-state index >= 15 is 0 Å². The van der Waals surface area contributed by atoms with Gasteiger partial charge < -0.3 is 10.5 Å². The van der Waals surface area contributed by atoms with Gasteiger partial charge in [0.25, 0.3) is 0 Å². The first kappa shape index (κ1) is 12.9. The van der Waals surface area contributed by atoms with Crippen LogP contribution < -0.4 is 10.5 Å². The molecule has 1 aliphatic heterocycles. The topological polar surface area (TPSA) is 35.2 Å². The standard InChI is InChI=1S/C19H21NO/c20-18(15-7-8-17-14(13-15)9-12-21-17)19(10-4-11-19)16-5-2-1-3-6-16/h1-3,5-8,13,18H,4,9-12,20H2. The highest BCUT2D eigenvalue weighted by Gasteiger charge is 2.44. The summed E-state index contributed by atoms with van der Waals surface area (Å²) in [6.45, 7) is 0.803. The fourth-order valence-corrected chi connectivity index (χ4v) is 3.83. The van der Waals surface area contributed by atoms with Gasteiger partial charge in [-0.15, -0.1) is 0 Å². The van der Waals surface area contributed by atoms with Crippen LogP contribution in [0.25, 0.3) is 0 Å². The molecule has 2 aliphatic rings. The van der Waals surface area contributed by atoms with Gasteiger partial charge in [-0.05, 0) is 35.6 Å². The Kier molecular flexibility index (Phi) is 3.00. The van der Waals surface area contributed by atoms with Crippen LogP contribution in [0, 0.1) is 0 Å². The maximum atomic E-state index is 6.72. The van der Waals surface area contributed by atoms with Gasteiger partial charge in [0.05, 0.1) is 6.61 Å². The molecule has 2 heteroatoms.